The van der Waals surface area contributed by atoms with E-state index in [4.69, 9.17) is 0 Å². The fourth-order valence-corrected chi connectivity index (χ4v) is 1.86. The smallest absolute Gasteiger partial charge is 0.0535 e. The lowest BCUT2D eigenvalue weighted by Gasteiger charge is -2.25. The maximum atomic E-state index is 4.00. The van der Waals surface area contributed by atoms with Gasteiger partial charge in [0.1, 0.15) is 0 Å². The molecule has 0 atom stereocenters. The van der Waals surface area contributed by atoms with E-state index in [0.29, 0.717) is 0 Å². The summed E-state index contributed by atoms with van der Waals surface area (Å²) in [4.78, 5) is 0. The molecule has 1 saturated carbocycles. The topological polar surface area (TPSA) is 40.7 Å². The second-order valence-electron chi connectivity index (χ2n) is 4.28. The number of nitrogens with one attached hydrogen (secondary N) is 2. The Hall–Kier alpha value is -0.830. The largest absolute Gasteiger partial charge is 0.313 e. The molecule has 3 nitrogen and oxygen atoms in total. The molecule has 2 rings (SSSR count). The van der Waals surface area contributed by atoms with E-state index in [-0.39, 0.29) is 0 Å². The Bertz CT molecular complexity index is 276. The molecule has 0 aliphatic heterocycles. The number of rotatable bonds is 5. The quantitative estimate of drug-likeness (QED) is 0.702. The Kier molecular flexibility index (Phi) is 3.19. The molecular formula is C11H19N3. The predicted molar refractivity (Wildman–Crippen MR) is 57.0 cm³/mol. The van der Waals surface area contributed by atoms with Gasteiger partial charge in [-0.2, -0.15) is 5.10 Å². The summed E-state index contributed by atoms with van der Waals surface area (Å²) >= 11 is 0. The van der Waals surface area contributed by atoms with Gasteiger partial charge in [0.05, 0.1) is 6.20 Å². The van der Waals surface area contributed by atoms with Crippen LogP contribution in [0.5, 0.6) is 0 Å². The fraction of sp³-hybridized carbons (Fsp3) is 0.727. The Balaban J connectivity index is 1.60. The van der Waals surface area contributed by atoms with Crippen LogP contribution in [0.15, 0.2) is 6.20 Å². The summed E-state index contributed by atoms with van der Waals surface area (Å²) in [5, 5.41) is 10.4. The van der Waals surface area contributed by atoms with Crippen LogP contribution in [0.3, 0.4) is 0 Å². The van der Waals surface area contributed by atoms with E-state index in [2.05, 4.69) is 22.4 Å². The van der Waals surface area contributed by atoms with Gasteiger partial charge in [-0.05, 0) is 25.8 Å². The lowest BCUT2D eigenvalue weighted by atomic mass is 9.83. The van der Waals surface area contributed by atoms with E-state index < -0.39 is 0 Å². The number of aromatic nitrogens is 2. The molecule has 0 spiro atoms. The van der Waals surface area contributed by atoms with Crippen LogP contribution in [0, 0.1) is 12.8 Å². The van der Waals surface area contributed by atoms with Crippen molar-refractivity contribution in [1.82, 2.24) is 15.5 Å². The monoisotopic (exact) mass is 193 g/mol. The minimum Gasteiger partial charge on any atom is -0.313 e. The Morgan fingerprint density at radius 2 is 2.43 bits per heavy atom. The van der Waals surface area contributed by atoms with Crippen molar-refractivity contribution in [3.05, 3.63) is 17.5 Å². The molecular weight excluding hydrogens is 174 g/mol. The zero-order chi connectivity index (χ0) is 9.80. The van der Waals surface area contributed by atoms with Gasteiger partial charge >= 0.3 is 0 Å². The molecule has 1 aliphatic rings. The molecule has 0 amide bonds. The number of hydrogen-bond acceptors (Lipinski definition) is 2. The number of hydrogen-bond donors (Lipinski definition) is 2. The maximum Gasteiger partial charge on any atom is 0.0535 e. The molecule has 0 unspecified atom stereocenters. The zero-order valence-electron chi connectivity index (χ0n) is 8.84. The van der Waals surface area contributed by atoms with Crippen molar-refractivity contribution in [2.45, 2.75) is 39.2 Å². The van der Waals surface area contributed by atoms with Crippen LogP contribution in [0.4, 0.5) is 0 Å². The van der Waals surface area contributed by atoms with Crippen LogP contribution in [0.1, 0.15) is 36.9 Å². The van der Waals surface area contributed by atoms with Crippen molar-refractivity contribution in [2.75, 3.05) is 6.54 Å². The van der Waals surface area contributed by atoms with Crippen LogP contribution in [-0.2, 0) is 6.54 Å². The highest BCUT2D eigenvalue weighted by Gasteiger charge is 2.16. The van der Waals surface area contributed by atoms with Crippen LogP contribution in [0.2, 0.25) is 0 Å². The highest BCUT2D eigenvalue weighted by molar-refractivity contribution is 5.13. The molecule has 0 radical (unpaired) electrons. The zero-order valence-corrected chi connectivity index (χ0v) is 8.84. The maximum absolute atomic E-state index is 4.00. The van der Waals surface area contributed by atoms with E-state index in [1.807, 2.05) is 6.20 Å². The van der Waals surface area contributed by atoms with Crippen molar-refractivity contribution in [2.24, 2.45) is 5.92 Å². The average Bonchev–Trinajstić information content (AvgIpc) is 2.48. The summed E-state index contributed by atoms with van der Waals surface area (Å²) in [6.45, 7) is 4.17. The SMILES string of the molecule is Cc1[nH]ncc1CNCCC1CCC1. The molecule has 2 N–H and O–H groups in total. The lowest BCUT2D eigenvalue weighted by molar-refractivity contribution is 0.292. The first-order chi connectivity index (χ1) is 6.86. The van der Waals surface area contributed by atoms with Crippen LogP contribution >= 0.6 is 0 Å². The molecule has 1 aromatic heterocycles. The third-order valence-corrected chi connectivity index (χ3v) is 3.20. The Labute approximate surface area is 85.3 Å². The van der Waals surface area contributed by atoms with Crippen molar-refractivity contribution in [3.8, 4) is 0 Å². The van der Waals surface area contributed by atoms with Gasteiger partial charge in [-0.15, -0.1) is 0 Å². The number of aromatic amines is 1. The summed E-state index contributed by atoms with van der Waals surface area (Å²) in [7, 11) is 0. The van der Waals surface area contributed by atoms with E-state index in [1.165, 1.54) is 36.9 Å². The standard InChI is InChI=1S/C11H19N3/c1-9-11(8-13-14-9)7-12-6-5-10-3-2-4-10/h8,10,12H,2-7H2,1H3,(H,13,14). The first kappa shape index (κ1) is 9.71. The molecule has 1 heterocycles. The Morgan fingerprint density at radius 1 is 1.57 bits per heavy atom. The highest BCUT2D eigenvalue weighted by atomic mass is 15.1. The molecule has 0 saturated heterocycles. The summed E-state index contributed by atoms with van der Waals surface area (Å²) in [6.07, 6.45) is 7.60. The van der Waals surface area contributed by atoms with E-state index >= 15 is 0 Å². The first-order valence-corrected chi connectivity index (χ1v) is 5.56. The number of H-pyrrole nitrogens is 1. The van der Waals surface area contributed by atoms with Crippen molar-refractivity contribution in [1.29, 1.82) is 0 Å². The summed E-state index contributed by atoms with van der Waals surface area (Å²) in [5.74, 6) is 1.01. The van der Waals surface area contributed by atoms with Gasteiger partial charge in [0.15, 0.2) is 0 Å². The molecule has 0 bridgehead atoms. The van der Waals surface area contributed by atoms with Gasteiger partial charge in [0, 0.05) is 17.8 Å². The summed E-state index contributed by atoms with van der Waals surface area (Å²) < 4.78 is 0. The lowest BCUT2D eigenvalue weighted by Crippen LogP contribution is -2.21. The molecule has 0 aromatic carbocycles. The summed E-state index contributed by atoms with van der Waals surface area (Å²) in [6, 6.07) is 0. The summed E-state index contributed by atoms with van der Waals surface area (Å²) in [5.41, 5.74) is 2.47. The third-order valence-electron chi connectivity index (χ3n) is 3.20. The second-order valence-corrected chi connectivity index (χ2v) is 4.28. The van der Waals surface area contributed by atoms with Gasteiger partial charge in [0.25, 0.3) is 0 Å². The van der Waals surface area contributed by atoms with Gasteiger partial charge < -0.3 is 5.32 Å². The Morgan fingerprint density at radius 3 is 3.00 bits per heavy atom. The van der Waals surface area contributed by atoms with Gasteiger partial charge in [-0.1, -0.05) is 19.3 Å². The van der Waals surface area contributed by atoms with E-state index in [0.717, 1.165) is 19.0 Å². The van der Waals surface area contributed by atoms with Crippen molar-refractivity contribution >= 4 is 0 Å². The van der Waals surface area contributed by atoms with E-state index in [9.17, 15) is 0 Å². The van der Waals surface area contributed by atoms with Crippen molar-refractivity contribution < 1.29 is 0 Å². The predicted octanol–water partition coefficient (Wildman–Crippen LogP) is 2.00. The van der Waals surface area contributed by atoms with Gasteiger partial charge in [-0.25, -0.2) is 0 Å². The normalized spacial score (nSPS) is 16.9. The first-order valence-electron chi connectivity index (χ1n) is 5.56. The average molecular weight is 193 g/mol. The minimum atomic E-state index is 0.953. The van der Waals surface area contributed by atoms with Gasteiger partial charge in [-0.3, -0.25) is 5.10 Å². The molecule has 78 valence electrons. The number of nitrogens with zero attached hydrogens (tertiary/aromatic N) is 1. The van der Waals surface area contributed by atoms with Crippen LogP contribution < -0.4 is 5.32 Å². The number of aryl methyl sites for hydroxylation is 1. The fourth-order valence-electron chi connectivity index (χ4n) is 1.86. The van der Waals surface area contributed by atoms with E-state index in [1.54, 1.807) is 0 Å². The second kappa shape index (κ2) is 4.60. The molecule has 3 heteroatoms. The molecule has 1 aromatic rings. The molecule has 1 aliphatic carbocycles. The highest BCUT2D eigenvalue weighted by Crippen LogP contribution is 2.28. The van der Waals surface area contributed by atoms with Crippen LogP contribution in [0.25, 0.3) is 0 Å². The third kappa shape index (κ3) is 2.35. The van der Waals surface area contributed by atoms with Crippen molar-refractivity contribution in [3.63, 3.8) is 0 Å². The van der Waals surface area contributed by atoms with Gasteiger partial charge in [0.2, 0.25) is 0 Å². The minimum absolute atomic E-state index is 0.953. The molecule has 1 fully saturated rings. The molecule has 14 heavy (non-hydrogen) atoms. The van der Waals surface area contributed by atoms with Crippen LogP contribution in [-0.4, -0.2) is 16.7 Å².